The number of halogens is 2. The number of nitrogens with zero attached hydrogens (tertiary/aromatic N) is 2. The molecule has 0 radical (unpaired) electrons. The molecule has 104 valence electrons. The summed E-state index contributed by atoms with van der Waals surface area (Å²) in [6, 6.07) is 1.66. The predicted molar refractivity (Wildman–Crippen MR) is 79.9 cm³/mol. The van der Waals surface area contributed by atoms with E-state index in [9.17, 15) is 4.79 Å². The number of amides is 1. The lowest BCUT2D eigenvalue weighted by Crippen LogP contribution is -2.14. The molecule has 0 bridgehead atoms. The van der Waals surface area contributed by atoms with E-state index >= 15 is 0 Å². The summed E-state index contributed by atoms with van der Waals surface area (Å²) in [6.45, 7) is 0. The Morgan fingerprint density at radius 1 is 1.55 bits per heavy atom. The van der Waals surface area contributed by atoms with E-state index in [0.717, 1.165) is 18.5 Å². The molecule has 0 aromatic carbocycles. The van der Waals surface area contributed by atoms with Crippen molar-refractivity contribution in [3.63, 3.8) is 0 Å². The molecule has 2 aromatic rings. The second-order valence-corrected chi connectivity index (χ2v) is 5.84. The zero-order valence-corrected chi connectivity index (χ0v) is 12.6. The van der Waals surface area contributed by atoms with Gasteiger partial charge in [-0.1, -0.05) is 11.6 Å². The van der Waals surface area contributed by atoms with Crippen LogP contribution in [0, 0.1) is 0 Å². The molecule has 0 saturated heterocycles. The van der Waals surface area contributed by atoms with Crippen molar-refractivity contribution >= 4 is 44.8 Å². The molecular weight excluding hydrogens is 346 g/mol. The molecule has 1 aliphatic carbocycles. The minimum Gasteiger partial charge on any atom is -0.395 e. The van der Waals surface area contributed by atoms with Crippen molar-refractivity contribution in [2.45, 2.75) is 18.8 Å². The first-order valence-electron chi connectivity index (χ1n) is 6.02. The monoisotopic (exact) mass is 355 g/mol. The number of carbonyl (C=O) groups excluding carboxylic acids is 1. The predicted octanol–water partition coefficient (Wildman–Crippen LogP) is 2.93. The summed E-state index contributed by atoms with van der Waals surface area (Å²) in [6.07, 6.45) is 3.64. The van der Waals surface area contributed by atoms with Gasteiger partial charge in [0, 0.05) is 5.92 Å². The van der Waals surface area contributed by atoms with Crippen LogP contribution >= 0.6 is 27.5 Å². The zero-order valence-electron chi connectivity index (χ0n) is 10.3. The second-order valence-electron chi connectivity index (χ2n) is 4.62. The van der Waals surface area contributed by atoms with Gasteiger partial charge < -0.3 is 11.1 Å². The van der Waals surface area contributed by atoms with Gasteiger partial charge >= 0.3 is 0 Å². The summed E-state index contributed by atoms with van der Waals surface area (Å²) in [5, 5.41) is 9.85. The van der Waals surface area contributed by atoms with Crippen LogP contribution in [0.4, 0.5) is 11.4 Å². The SMILES string of the molecule is Nc1c(C(=O)Nc2cnc(Cl)c(Br)c2)n[nH]c1C1CC1. The molecule has 0 atom stereocenters. The van der Waals surface area contributed by atoms with Crippen molar-refractivity contribution < 1.29 is 4.79 Å². The van der Waals surface area contributed by atoms with Crippen LogP contribution in [0.5, 0.6) is 0 Å². The van der Waals surface area contributed by atoms with E-state index in [1.54, 1.807) is 6.07 Å². The van der Waals surface area contributed by atoms with E-state index in [2.05, 4.69) is 36.4 Å². The van der Waals surface area contributed by atoms with Crippen LogP contribution in [-0.4, -0.2) is 21.1 Å². The van der Waals surface area contributed by atoms with Gasteiger partial charge in [0.15, 0.2) is 5.69 Å². The van der Waals surface area contributed by atoms with E-state index < -0.39 is 0 Å². The highest BCUT2D eigenvalue weighted by molar-refractivity contribution is 9.10. The molecule has 2 heterocycles. The fourth-order valence-corrected chi connectivity index (χ4v) is 2.35. The van der Waals surface area contributed by atoms with Crippen LogP contribution in [0.15, 0.2) is 16.7 Å². The van der Waals surface area contributed by atoms with Gasteiger partial charge in [-0.05, 0) is 34.8 Å². The molecule has 1 aliphatic rings. The highest BCUT2D eigenvalue weighted by Crippen LogP contribution is 2.42. The Balaban J connectivity index is 1.80. The second kappa shape index (κ2) is 5.06. The summed E-state index contributed by atoms with van der Waals surface area (Å²) in [5.41, 5.74) is 7.95. The number of nitrogen functional groups attached to an aromatic ring is 1. The Hall–Kier alpha value is -1.60. The van der Waals surface area contributed by atoms with Crippen LogP contribution in [-0.2, 0) is 0 Å². The van der Waals surface area contributed by atoms with Gasteiger partial charge in [0.1, 0.15) is 5.15 Å². The average Bonchev–Trinajstić information content (AvgIpc) is 3.17. The third-order valence-electron chi connectivity index (χ3n) is 3.09. The summed E-state index contributed by atoms with van der Waals surface area (Å²) >= 11 is 9.04. The molecule has 0 spiro atoms. The van der Waals surface area contributed by atoms with Crippen molar-refractivity contribution in [3.8, 4) is 0 Å². The van der Waals surface area contributed by atoms with E-state index in [1.165, 1.54) is 6.20 Å². The van der Waals surface area contributed by atoms with E-state index in [4.69, 9.17) is 17.3 Å². The fourth-order valence-electron chi connectivity index (χ4n) is 1.90. The number of H-pyrrole nitrogens is 1. The third kappa shape index (κ3) is 2.51. The van der Waals surface area contributed by atoms with Crippen molar-refractivity contribution in [3.05, 3.63) is 33.3 Å². The number of nitrogens with one attached hydrogen (secondary N) is 2. The third-order valence-corrected chi connectivity index (χ3v) is 4.22. The first-order valence-corrected chi connectivity index (χ1v) is 7.19. The molecule has 8 heteroatoms. The normalized spacial score (nSPS) is 14.3. The fraction of sp³-hybridized carbons (Fsp3) is 0.250. The number of aromatic nitrogens is 3. The quantitative estimate of drug-likeness (QED) is 0.737. The standard InChI is InChI=1S/C12H11BrClN5O/c13-7-3-6(4-16-11(7)14)17-12(20)10-8(15)9(18-19-10)5-1-2-5/h3-5H,1-2,15H2,(H,17,20)(H,18,19). The van der Waals surface area contributed by atoms with Crippen molar-refractivity contribution in [1.29, 1.82) is 0 Å². The average molecular weight is 357 g/mol. The number of pyridine rings is 1. The van der Waals surface area contributed by atoms with Gasteiger partial charge in [0.2, 0.25) is 0 Å². The van der Waals surface area contributed by atoms with Crippen LogP contribution in [0.2, 0.25) is 5.15 Å². The summed E-state index contributed by atoms with van der Waals surface area (Å²) < 4.78 is 0.602. The van der Waals surface area contributed by atoms with Gasteiger partial charge in [-0.15, -0.1) is 0 Å². The lowest BCUT2D eigenvalue weighted by molar-refractivity contribution is 0.102. The molecular formula is C12H11BrClN5O. The van der Waals surface area contributed by atoms with Crippen LogP contribution in [0.1, 0.15) is 34.9 Å². The molecule has 6 nitrogen and oxygen atoms in total. The van der Waals surface area contributed by atoms with E-state index in [-0.39, 0.29) is 11.6 Å². The Labute approximate surface area is 128 Å². The topological polar surface area (TPSA) is 96.7 Å². The molecule has 1 saturated carbocycles. The Kier molecular flexibility index (Phi) is 3.39. The first-order chi connectivity index (χ1) is 9.56. The number of hydrogen-bond acceptors (Lipinski definition) is 4. The maximum atomic E-state index is 12.1. The number of anilines is 2. The number of nitrogens with two attached hydrogens (primary N) is 1. The Morgan fingerprint density at radius 3 is 2.95 bits per heavy atom. The Morgan fingerprint density at radius 2 is 2.30 bits per heavy atom. The minimum atomic E-state index is -0.373. The van der Waals surface area contributed by atoms with Gasteiger partial charge in [0.25, 0.3) is 5.91 Å². The Bertz CT molecular complexity index is 682. The number of rotatable bonds is 3. The smallest absolute Gasteiger partial charge is 0.278 e. The lowest BCUT2D eigenvalue weighted by Gasteiger charge is -2.04. The highest BCUT2D eigenvalue weighted by Gasteiger charge is 2.30. The molecule has 4 N–H and O–H groups in total. The van der Waals surface area contributed by atoms with Crippen LogP contribution in [0.25, 0.3) is 0 Å². The summed E-state index contributed by atoms with van der Waals surface area (Å²) in [5.74, 6) is 0.0389. The molecule has 1 fully saturated rings. The maximum Gasteiger partial charge on any atom is 0.278 e. The van der Waals surface area contributed by atoms with Crippen molar-refractivity contribution in [2.24, 2.45) is 0 Å². The van der Waals surface area contributed by atoms with Gasteiger partial charge in [-0.25, -0.2) is 4.98 Å². The molecule has 0 unspecified atom stereocenters. The maximum absolute atomic E-state index is 12.1. The minimum absolute atomic E-state index is 0.206. The number of hydrogen-bond donors (Lipinski definition) is 3. The molecule has 0 aliphatic heterocycles. The highest BCUT2D eigenvalue weighted by atomic mass is 79.9. The van der Waals surface area contributed by atoms with E-state index in [1.807, 2.05) is 0 Å². The van der Waals surface area contributed by atoms with Crippen LogP contribution in [0.3, 0.4) is 0 Å². The number of carbonyl (C=O) groups is 1. The largest absolute Gasteiger partial charge is 0.395 e. The lowest BCUT2D eigenvalue weighted by atomic mass is 10.2. The number of aromatic amines is 1. The molecule has 1 amide bonds. The molecule has 3 rings (SSSR count). The summed E-state index contributed by atoms with van der Waals surface area (Å²) in [4.78, 5) is 16.1. The summed E-state index contributed by atoms with van der Waals surface area (Å²) in [7, 11) is 0. The van der Waals surface area contributed by atoms with Crippen molar-refractivity contribution in [1.82, 2.24) is 15.2 Å². The van der Waals surface area contributed by atoms with Crippen LogP contribution < -0.4 is 11.1 Å². The first kappa shape index (κ1) is 13.4. The van der Waals surface area contributed by atoms with Gasteiger partial charge in [-0.3, -0.25) is 9.89 Å². The molecule has 20 heavy (non-hydrogen) atoms. The zero-order chi connectivity index (χ0) is 14.3. The van der Waals surface area contributed by atoms with Gasteiger partial charge in [0.05, 0.1) is 27.7 Å². The molecule has 2 aromatic heterocycles. The van der Waals surface area contributed by atoms with E-state index in [0.29, 0.717) is 26.9 Å². The van der Waals surface area contributed by atoms with Gasteiger partial charge in [-0.2, -0.15) is 5.10 Å². The van der Waals surface area contributed by atoms with Crippen molar-refractivity contribution in [2.75, 3.05) is 11.1 Å².